The molecule has 0 fully saturated rings. The van der Waals surface area contributed by atoms with E-state index in [0.717, 1.165) is 50.1 Å². The summed E-state index contributed by atoms with van der Waals surface area (Å²) < 4.78 is 9.07. The molecule has 0 amide bonds. The normalized spacial score (nSPS) is 11.6. The van der Waals surface area contributed by atoms with E-state index in [1.165, 1.54) is 53.2 Å². The van der Waals surface area contributed by atoms with E-state index in [1.54, 1.807) is 0 Å². The summed E-state index contributed by atoms with van der Waals surface area (Å²) in [5.74, 6) is 0. The third-order valence-corrected chi connectivity index (χ3v) is 12.1. The van der Waals surface area contributed by atoms with E-state index in [9.17, 15) is 0 Å². The summed E-state index contributed by atoms with van der Waals surface area (Å²) in [6.45, 7) is 0. The first-order valence-corrected chi connectivity index (χ1v) is 19.5. The summed E-state index contributed by atoms with van der Waals surface area (Å²) in [6.07, 6.45) is 0. The quantitative estimate of drug-likeness (QED) is 0.170. The second-order valence-electron chi connectivity index (χ2n) is 14.0. The first-order chi connectivity index (χ1) is 27.3. The molecule has 0 bridgehead atoms. The van der Waals surface area contributed by atoms with Gasteiger partial charge in [-0.25, -0.2) is 0 Å². The van der Waals surface area contributed by atoms with Gasteiger partial charge in [-0.3, -0.25) is 0 Å². The van der Waals surface area contributed by atoms with Crippen LogP contribution < -0.4 is 4.90 Å². The minimum absolute atomic E-state index is 0.906. The number of fused-ring (bicyclic) bond motifs is 8. The summed E-state index contributed by atoms with van der Waals surface area (Å²) >= 11 is 1.89. The number of benzene rings is 9. The molecule has 3 heteroatoms. The molecule has 9 aromatic carbocycles. The monoisotopic (exact) mass is 719 g/mol. The van der Waals surface area contributed by atoms with Crippen LogP contribution in [0, 0.1) is 0 Å². The average Bonchev–Trinajstić information content (AvgIpc) is 3.84. The lowest BCUT2D eigenvalue weighted by atomic mass is 9.96. The fraction of sp³-hybridized carbons (Fsp3) is 0. The highest BCUT2D eigenvalue weighted by Crippen LogP contribution is 2.50. The van der Waals surface area contributed by atoms with Crippen molar-refractivity contribution in [3.05, 3.63) is 200 Å². The molecule has 0 aliphatic rings. The highest BCUT2D eigenvalue weighted by atomic mass is 32.1. The molecule has 0 unspecified atom stereocenters. The Morgan fingerprint density at radius 1 is 0.382 bits per heavy atom. The zero-order valence-corrected chi connectivity index (χ0v) is 30.6. The lowest BCUT2D eigenvalue weighted by Gasteiger charge is -2.29. The molecule has 0 atom stereocenters. The number of furan rings is 1. The maximum atomic E-state index is 6.47. The summed E-state index contributed by atoms with van der Waals surface area (Å²) in [5.41, 5.74) is 12.2. The van der Waals surface area contributed by atoms with Crippen LogP contribution in [0.3, 0.4) is 0 Å². The minimum Gasteiger partial charge on any atom is -0.455 e. The zero-order valence-electron chi connectivity index (χ0n) is 29.8. The number of anilines is 3. The molecule has 55 heavy (non-hydrogen) atoms. The van der Waals surface area contributed by atoms with E-state index < -0.39 is 0 Å². The van der Waals surface area contributed by atoms with Gasteiger partial charge in [0, 0.05) is 58.5 Å². The van der Waals surface area contributed by atoms with Gasteiger partial charge in [-0.15, -0.1) is 11.3 Å². The van der Waals surface area contributed by atoms with Crippen molar-refractivity contribution in [2.24, 2.45) is 0 Å². The number of hydrogen-bond donors (Lipinski definition) is 0. The van der Waals surface area contributed by atoms with Crippen molar-refractivity contribution in [2.75, 3.05) is 4.90 Å². The average molecular weight is 720 g/mol. The Morgan fingerprint density at radius 3 is 1.76 bits per heavy atom. The van der Waals surface area contributed by atoms with Crippen LogP contribution in [0.5, 0.6) is 0 Å². The van der Waals surface area contributed by atoms with Crippen molar-refractivity contribution in [3.8, 4) is 33.4 Å². The van der Waals surface area contributed by atoms with Gasteiger partial charge >= 0.3 is 0 Å². The van der Waals surface area contributed by atoms with E-state index in [1.807, 2.05) is 23.5 Å². The van der Waals surface area contributed by atoms with Crippen LogP contribution in [0.15, 0.2) is 205 Å². The number of thiophene rings is 1. The van der Waals surface area contributed by atoms with Crippen molar-refractivity contribution < 1.29 is 4.42 Å². The minimum atomic E-state index is 0.906. The Hall–Kier alpha value is -6.94. The molecule has 0 saturated carbocycles. The third kappa shape index (κ3) is 5.16. The summed E-state index contributed by atoms with van der Waals surface area (Å²) in [5, 5.41) is 7.30. The number of rotatable bonds is 6. The second-order valence-corrected chi connectivity index (χ2v) is 15.1. The molecule has 11 rings (SSSR count). The van der Waals surface area contributed by atoms with Gasteiger partial charge in [0.05, 0.1) is 11.4 Å². The standard InChI is InChI=1S/C52H33NOS/c1-3-15-34(16-4-1)38-19-9-11-26-46(38)53(37-31-29-36(30-32-37)40-24-13-25-43-42-21-10-12-27-48(42)54-51(40)43)47-33-45-50-39(35-17-5-2-6-18-35)23-14-28-49(50)55-52(45)44-22-8-7-20-41(44)47/h1-33H. The smallest absolute Gasteiger partial charge is 0.143 e. The molecule has 0 aliphatic heterocycles. The molecular weight excluding hydrogens is 687 g/mol. The van der Waals surface area contributed by atoms with Crippen molar-refractivity contribution in [1.82, 2.24) is 0 Å². The van der Waals surface area contributed by atoms with Crippen molar-refractivity contribution in [3.63, 3.8) is 0 Å². The van der Waals surface area contributed by atoms with Crippen molar-refractivity contribution in [1.29, 1.82) is 0 Å². The number of hydrogen-bond acceptors (Lipinski definition) is 3. The molecule has 2 nitrogen and oxygen atoms in total. The van der Waals surface area contributed by atoms with E-state index in [0.29, 0.717) is 0 Å². The molecule has 0 spiro atoms. The van der Waals surface area contributed by atoms with Gasteiger partial charge in [0.2, 0.25) is 0 Å². The molecule has 2 aromatic heterocycles. The Labute approximate surface area is 322 Å². The van der Waals surface area contributed by atoms with E-state index in [2.05, 4.69) is 193 Å². The van der Waals surface area contributed by atoms with Gasteiger partial charge in [-0.1, -0.05) is 164 Å². The van der Waals surface area contributed by atoms with Crippen LogP contribution in [-0.4, -0.2) is 0 Å². The maximum absolute atomic E-state index is 6.47. The lowest BCUT2D eigenvalue weighted by Crippen LogP contribution is -2.12. The number of nitrogens with zero attached hydrogens (tertiary/aromatic N) is 1. The largest absolute Gasteiger partial charge is 0.455 e. The van der Waals surface area contributed by atoms with E-state index >= 15 is 0 Å². The zero-order chi connectivity index (χ0) is 36.3. The molecule has 0 aliphatic carbocycles. The van der Waals surface area contributed by atoms with Crippen LogP contribution in [-0.2, 0) is 0 Å². The summed E-state index contributed by atoms with van der Waals surface area (Å²) in [6, 6.07) is 72.1. The number of para-hydroxylation sites is 3. The predicted octanol–water partition coefficient (Wildman–Crippen LogP) is 15.6. The van der Waals surface area contributed by atoms with Gasteiger partial charge in [0.15, 0.2) is 0 Å². The fourth-order valence-corrected chi connectivity index (χ4v) is 9.62. The van der Waals surface area contributed by atoms with Crippen molar-refractivity contribution in [2.45, 2.75) is 0 Å². The van der Waals surface area contributed by atoms with Crippen LogP contribution in [0.1, 0.15) is 0 Å². The maximum Gasteiger partial charge on any atom is 0.143 e. The highest BCUT2D eigenvalue weighted by molar-refractivity contribution is 7.26. The van der Waals surface area contributed by atoms with Crippen LogP contribution >= 0.6 is 11.3 Å². The summed E-state index contributed by atoms with van der Waals surface area (Å²) in [4.78, 5) is 2.46. The second kappa shape index (κ2) is 12.9. The molecule has 11 aromatic rings. The van der Waals surface area contributed by atoms with Gasteiger partial charge < -0.3 is 9.32 Å². The Kier molecular flexibility index (Phi) is 7.39. The first-order valence-electron chi connectivity index (χ1n) is 18.7. The van der Waals surface area contributed by atoms with Gasteiger partial charge in [0.25, 0.3) is 0 Å². The lowest BCUT2D eigenvalue weighted by molar-refractivity contribution is 0.670. The SMILES string of the molecule is c1ccc(-c2ccccc2N(c2ccc(-c3cccc4c3oc3ccccc34)cc2)c2cc3c(sc4cccc(-c5ccccc5)c43)c3ccccc23)cc1. The van der Waals surface area contributed by atoms with Crippen LogP contribution in [0.2, 0.25) is 0 Å². The molecular formula is C52H33NOS. The Bertz CT molecular complexity index is 3190. The van der Waals surface area contributed by atoms with E-state index in [4.69, 9.17) is 4.42 Å². The highest BCUT2D eigenvalue weighted by Gasteiger charge is 2.23. The topological polar surface area (TPSA) is 16.4 Å². The van der Waals surface area contributed by atoms with Gasteiger partial charge in [0.1, 0.15) is 11.2 Å². The predicted molar refractivity (Wildman–Crippen MR) is 235 cm³/mol. The summed E-state index contributed by atoms with van der Waals surface area (Å²) in [7, 11) is 0. The molecule has 0 radical (unpaired) electrons. The van der Waals surface area contributed by atoms with Crippen LogP contribution in [0.4, 0.5) is 17.1 Å². The third-order valence-electron chi connectivity index (χ3n) is 10.9. The molecule has 258 valence electrons. The van der Waals surface area contributed by atoms with Gasteiger partial charge in [-0.05, 0) is 58.7 Å². The molecule has 2 heterocycles. The van der Waals surface area contributed by atoms with E-state index in [-0.39, 0.29) is 0 Å². The fourth-order valence-electron chi connectivity index (χ4n) is 8.38. The Balaban J connectivity index is 1.17. The first kappa shape index (κ1) is 31.6. The molecule has 0 N–H and O–H groups in total. The molecule has 0 saturated heterocycles. The Morgan fingerprint density at radius 2 is 0.964 bits per heavy atom. The van der Waals surface area contributed by atoms with Gasteiger partial charge in [-0.2, -0.15) is 0 Å². The van der Waals surface area contributed by atoms with Crippen molar-refractivity contribution >= 4 is 81.3 Å². The van der Waals surface area contributed by atoms with Crippen LogP contribution in [0.25, 0.3) is 86.3 Å².